The molecule has 2 heterocycles. The fourth-order valence-corrected chi connectivity index (χ4v) is 3.76. The number of amides is 1. The van der Waals surface area contributed by atoms with Crippen LogP contribution in [0.15, 0.2) is 36.4 Å². The highest BCUT2D eigenvalue weighted by atomic mass is 16.5. The van der Waals surface area contributed by atoms with Gasteiger partial charge in [0.05, 0.1) is 14.2 Å². The first-order chi connectivity index (χ1) is 15.0. The Morgan fingerprint density at radius 1 is 1.06 bits per heavy atom. The summed E-state index contributed by atoms with van der Waals surface area (Å²) in [5.41, 5.74) is 4.38. The minimum atomic E-state index is -0.0421. The molecule has 0 spiro atoms. The molecule has 1 aliphatic rings. The van der Waals surface area contributed by atoms with Crippen molar-refractivity contribution >= 4 is 5.91 Å². The van der Waals surface area contributed by atoms with Crippen LogP contribution in [0, 0.1) is 0 Å². The molecule has 8 heteroatoms. The molecular weight excluding hydrogens is 394 g/mol. The lowest BCUT2D eigenvalue weighted by Gasteiger charge is -2.29. The Morgan fingerprint density at radius 2 is 1.74 bits per heavy atom. The number of hydrogen-bond acceptors (Lipinski definition) is 6. The van der Waals surface area contributed by atoms with E-state index in [9.17, 15) is 4.79 Å². The van der Waals surface area contributed by atoms with E-state index in [2.05, 4.69) is 41.4 Å². The first kappa shape index (κ1) is 20.8. The van der Waals surface area contributed by atoms with Crippen molar-refractivity contribution in [3.8, 4) is 22.9 Å². The smallest absolute Gasteiger partial charge is 0.246 e. The molecule has 0 saturated heterocycles. The lowest BCUT2D eigenvalue weighted by molar-refractivity contribution is -0.133. The summed E-state index contributed by atoms with van der Waals surface area (Å²) in [5.74, 6) is 2.32. The Labute approximate surface area is 181 Å². The van der Waals surface area contributed by atoms with Crippen LogP contribution in [0.1, 0.15) is 36.5 Å². The maximum absolute atomic E-state index is 12.9. The second-order valence-corrected chi connectivity index (χ2v) is 7.96. The Hall–Kier alpha value is -3.42. The van der Waals surface area contributed by atoms with E-state index in [1.54, 1.807) is 14.2 Å². The molecule has 0 aliphatic carbocycles. The van der Waals surface area contributed by atoms with Gasteiger partial charge in [0, 0.05) is 18.7 Å². The van der Waals surface area contributed by atoms with Crippen LogP contribution in [0.25, 0.3) is 11.4 Å². The van der Waals surface area contributed by atoms with Crippen LogP contribution < -0.4 is 9.47 Å². The first-order valence-electron chi connectivity index (χ1n) is 10.4. The van der Waals surface area contributed by atoms with Gasteiger partial charge in [0.15, 0.2) is 11.5 Å². The number of carbonyl (C=O) groups excluding carboxylic acids is 1. The Bertz CT molecular complexity index is 1080. The molecule has 4 rings (SSSR count). The van der Waals surface area contributed by atoms with Crippen molar-refractivity contribution in [3.05, 3.63) is 53.1 Å². The molecule has 3 aromatic rings. The van der Waals surface area contributed by atoms with Gasteiger partial charge in [-0.2, -0.15) is 4.80 Å². The molecule has 162 valence electrons. The second-order valence-electron chi connectivity index (χ2n) is 7.96. The lowest BCUT2D eigenvalue weighted by atomic mass is 9.98. The highest BCUT2D eigenvalue weighted by Gasteiger charge is 2.23. The summed E-state index contributed by atoms with van der Waals surface area (Å²) < 4.78 is 10.8. The average Bonchev–Trinajstić information content (AvgIpc) is 3.26. The zero-order valence-corrected chi connectivity index (χ0v) is 18.3. The van der Waals surface area contributed by atoms with Gasteiger partial charge >= 0.3 is 0 Å². The van der Waals surface area contributed by atoms with Gasteiger partial charge < -0.3 is 14.4 Å². The molecule has 1 amide bonds. The number of methoxy groups -OCH3 is 2. The molecular formula is C23H27N5O3. The fourth-order valence-electron chi connectivity index (χ4n) is 3.76. The molecule has 0 radical (unpaired) electrons. The van der Waals surface area contributed by atoms with Crippen LogP contribution in [-0.4, -0.2) is 51.8 Å². The van der Waals surface area contributed by atoms with Crippen LogP contribution in [-0.2, 0) is 24.3 Å². The van der Waals surface area contributed by atoms with Crippen molar-refractivity contribution in [2.75, 3.05) is 20.8 Å². The summed E-state index contributed by atoms with van der Waals surface area (Å²) in [6.07, 6.45) is 0.764. The van der Waals surface area contributed by atoms with Crippen LogP contribution in [0.2, 0.25) is 0 Å². The summed E-state index contributed by atoms with van der Waals surface area (Å²) in [6, 6.07) is 12.1. The van der Waals surface area contributed by atoms with Crippen molar-refractivity contribution in [2.24, 2.45) is 0 Å². The van der Waals surface area contributed by atoms with Crippen molar-refractivity contribution in [1.82, 2.24) is 25.1 Å². The summed E-state index contributed by atoms with van der Waals surface area (Å²) in [6.45, 7) is 5.52. The largest absolute Gasteiger partial charge is 0.493 e. The van der Waals surface area contributed by atoms with E-state index < -0.39 is 0 Å². The average molecular weight is 422 g/mol. The number of fused-ring (bicyclic) bond motifs is 1. The quantitative estimate of drug-likeness (QED) is 0.608. The lowest BCUT2D eigenvalue weighted by Crippen LogP contribution is -2.38. The van der Waals surface area contributed by atoms with E-state index in [1.807, 2.05) is 29.2 Å². The molecule has 1 aromatic heterocycles. The molecule has 0 bridgehead atoms. The van der Waals surface area contributed by atoms with Crippen LogP contribution in [0.4, 0.5) is 0 Å². The van der Waals surface area contributed by atoms with E-state index >= 15 is 0 Å². The van der Waals surface area contributed by atoms with Crippen molar-refractivity contribution in [2.45, 2.75) is 39.3 Å². The van der Waals surface area contributed by atoms with Crippen LogP contribution >= 0.6 is 0 Å². The number of hydrogen-bond donors (Lipinski definition) is 0. The zero-order chi connectivity index (χ0) is 22.0. The second kappa shape index (κ2) is 8.75. The maximum Gasteiger partial charge on any atom is 0.246 e. The molecule has 0 fully saturated rings. The van der Waals surface area contributed by atoms with Gasteiger partial charge in [0.2, 0.25) is 11.7 Å². The zero-order valence-electron chi connectivity index (χ0n) is 18.3. The van der Waals surface area contributed by atoms with E-state index in [-0.39, 0.29) is 12.5 Å². The summed E-state index contributed by atoms with van der Waals surface area (Å²) >= 11 is 0. The summed E-state index contributed by atoms with van der Waals surface area (Å²) in [7, 11) is 3.24. The third-order valence-electron chi connectivity index (χ3n) is 5.64. The summed E-state index contributed by atoms with van der Waals surface area (Å²) in [5, 5.41) is 12.6. The van der Waals surface area contributed by atoms with Crippen LogP contribution in [0.3, 0.4) is 0 Å². The number of aromatic nitrogens is 4. The number of ether oxygens (including phenoxy) is 2. The predicted molar refractivity (Wildman–Crippen MR) is 116 cm³/mol. The third-order valence-corrected chi connectivity index (χ3v) is 5.64. The summed E-state index contributed by atoms with van der Waals surface area (Å²) in [4.78, 5) is 16.0. The molecule has 0 saturated carbocycles. The van der Waals surface area contributed by atoms with Gasteiger partial charge in [-0.3, -0.25) is 4.79 Å². The third kappa shape index (κ3) is 4.38. The minimum absolute atomic E-state index is 0.0421. The van der Waals surface area contributed by atoms with Crippen molar-refractivity contribution in [3.63, 3.8) is 0 Å². The van der Waals surface area contributed by atoms with Gasteiger partial charge in [-0.15, -0.1) is 10.2 Å². The van der Waals surface area contributed by atoms with Gasteiger partial charge in [0.25, 0.3) is 0 Å². The Balaban J connectivity index is 1.44. The molecule has 0 atom stereocenters. The van der Waals surface area contributed by atoms with E-state index in [0.717, 1.165) is 17.5 Å². The van der Waals surface area contributed by atoms with Gasteiger partial charge in [0.1, 0.15) is 6.54 Å². The Kier molecular flexibility index (Phi) is 5.88. The number of benzene rings is 2. The number of tetrazole rings is 1. The molecule has 1 aliphatic heterocycles. The molecule has 0 N–H and O–H groups in total. The first-order valence-corrected chi connectivity index (χ1v) is 10.4. The molecule has 8 nitrogen and oxygen atoms in total. The normalized spacial score (nSPS) is 13.3. The molecule has 2 aromatic carbocycles. The minimum Gasteiger partial charge on any atom is -0.493 e. The van der Waals surface area contributed by atoms with Crippen LogP contribution in [0.5, 0.6) is 11.5 Å². The van der Waals surface area contributed by atoms with Gasteiger partial charge in [-0.1, -0.05) is 38.1 Å². The fraction of sp³-hybridized carbons (Fsp3) is 0.391. The van der Waals surface area contributed by atoms with E-state index in [0.29, 0.717) is 36.3 Å². The highest BCUT2D eigenvalue weighted by Crippen LogP contribution is 2.33. The monoisotopic (exact) mass is 421 g/mol. The van der Waals surface area contributed by atoms with Gasteiger partial charge in [-0.25, -0.2) is 0 Å². The van der Waals surface area contributed by atoms with Gasteiger partial charge in [-0.05, 0) is 46.4 Å². The van der Waals surface area contributed by atoms with Crippen molar-refractivity contribution < 1.29 is 14.3 Å². The highest BCUT2D eigenvalue weighted by molar-refractivity contribution is 5.76. The molecule has 31 heavy (non-hydrogen) atoms. The number of carbonyl (C=O) groups is 1. The topological polar surface area (TPSA) is 82.4 Å². The maximum atomic E-state index is 12.9. The van der Waals surface area contributed by atoms with E-state index in [1.165, 1.54) is 15.9 Å². The van der Waals surface area contributed by atoms with Crippen molar-refractivity contribution in [1.29, 1.82) is 0 Å². The standard InChI is InChI=1S/C23H27N5O3/c1-15(2)16-5-7-17(8-6-16)23-24-26-28(25-23)14-22(29)27-10-9-18-11-20(30-3)21(31-4)12-19(18)13-27/h5-8,11-12,15H,9-10,13-14H2,1-4H3. The predicted octanol–water partition coefficient (Wildman–Crippen LogP) is 3.07. The van der Waals surface area contributed by atoms with E-state index in [4.69, 9.17) is 9.47 Å². The number of rotatable bonds is 6. The SMILES string of the molecule is COc1cc2c(cc1OC)CN(C(=O)Cn1nnc(-c3ccc(C(C)C)cc3)n1)CC2. The Morgan fingerprint density at radius 3 is 2.39 bits per heavy atom. The number of nitrogens with zero attached hydrogens (tertiary/aromatic N) is 5. The molecule has 0 unspecified atom stereocenters.